The van der Waals surface area contributed by atoms with Crippen molar-refractivity contribution in [2.75, 3.05) is 20.1 Å². The molecule has 1 fully saturated rings. The van der Waals surface area contributed by atoms with Gasteiger partial charge in [-0.3, -0.25) is 14.5 Å². The van der Waals surface area contributed by atoms with E-state index in [1.54, 1.807) is 23.3 Å². The van der Waals surface area contributed by atoms with Gasteiger partial charge in [0.15, 0.2) is 0 Å². The summed E-state index contributed by atoms with van der Waals surface area (Å²) < 4.78 is 1.12. The molecular formula is C18H23N3O3S. The number of likely N-dealkylation sites (N-methyl/N-ethyl adjacent to an activating group) is 1. The summed E-state index contributed by atoms with van der Waals surface area (Å²) >= 11 is 1.60. The number of likely N-dealkylation sites (tertiary alicyclic amines) is 1. The number of aromatic nitrogens is 1. The van der Waals surface area contributed by atoms with Crippen molar-refractivity contribution in [1.29, 1.82) is 0 Å². The van der Waals surface area contributed by atoms with E-state index in [-0.39, 0.29) is 17.9 Å². The van der Waals surface area contributed by atoms with Crippen LogP contribution in [-0.4, -0.2) is 57.9 Å². The highest BCUT2D eigenvalue weighted by atomic mass is 32.1. The van der Waals surface area contributed by atoms with E-state index in [9.17, 15) is 14.7 Å². The molecule has 25 heavy (non-hydrogen) atoms. The number of rotatable bonds is 5. The van der Waals surface area contributed by atoms with E-state index in [1.165, 1.54) is 0 Å². The number of amides is 1. The van der Waals surface area contributed by atoms with E-state index in [0.29, 0.717) is 19.5 Å². The van der Waals surface area contributed by atoms with Crippen molar-refractivity contribution in [3.8, 4) is 0 Å². The predicted octanol–water partition coefficient (Wildman–Crippen LogP) is 2.44. The van der Waals surface area contributed by atoms with Crippen molar-refractivity contribution in [1.82, 2.24) is 14.8 Å². The lowest BCUT2D eigenvalue weighted by molar-refractivity contribution is -0.146. The van der Waals surface area contributed by atoms with Gasteiger partial charge in [-0.2, -0.15) is 0 Å². The van der Waals surface area contributed by atoms with Gasteiger partial charge in [-0.25, -0.2) is 4.98 Å². The molecule has 6 nitrogen and oxygen atoms in total. The van der Waals surface area contributed by atoms with Gasteiger partial charge in [0.2, 0.25) is 5.91 Å². The zero-order valence-electron chi connectivity index (χ0n) is 14.5. The van der Waals surface area contributed by atoms with Crippen LogP contribution in [0.4, 0.5) is 0 Å². The Morgan fingerprint density at radius 1 is 1.44 bits per heavy atom. The summed E-state index contributed by atoms with van der Waals surface area (Å²) in [5.41, 5.74) is 0.955. The maximum absolute atomic E-state index is 12.8. The van der Waals surface area contributed by atoms with Gasteiger partial charge in [0.1, 0.15) is 5.01 Å². The van der Waals surface area contributed by atoms with Gasteiger partial charge in [-0.05, 0) is 38.4 Å². The first-order chi connectivity index (χ1) is 12.0. The van der Waals surface area contributed by atoms with Gasteiger partial charge in [-0.1, -0.05) is 12.1 Å². The average Bonchev–Trinajstić information content (AvgIpc) is 3.02. The fourth-order valence-corrected chi connectivity index (χ4v) is 4.32. The molecule has 1 aliphatic heterocycles. The number of piperidine rings is 1. The van der Waals surface area contributed by atoms with Crippen LogP contribution in [0, 0.1) is 5.92 Å². The largest absolute Gasteiger partial charge is 0.481 e. The van der Waals surface area contributed by atoms with E-state index in [4.69, 9.17) is 0 Å². The highest BCUT2D eigenvalue weighted by Gasteiger charge is 2.31. The number of carboxylic acid groups (broad SMARTS) is 1. The van der Waals surface area contributed by atoms with Crippen LogP contribution in [0.15, 0.2) is 24.3 Å². The fourth-order valence-electron chi connectivity index (χ4n) is 3.30. The second-order valence-electron chi connectivity index (χ2n) is 6.62. The zero-order valence-corrected chi connectivity index (χ0v) is 15.3. The van der Waals surface area contributed by atoms with E-state index in [2.05, 4.69) is 4.98 Å². The minimum atomic E-state index is -0.771. The number of thiazole rings is 1. The number of fused-ring (bicyclic) bond motifs is 1. The summed E-state index contributed by atoms with van der Waals surface area (Å²) in [5, 5.41) is 10.1. The molecule has 1 aliphatic rings. The maximum atomic E-state index is 12.8. The van der Waals surface area contributed by atoms with Gasteiger partial charge in [0.05, 0.1) is 28.7 Å². The van der Waals surface area contributed by atoms with Crippen LogP contribution in [0.5, 0.6) is 0 Å². The normalized spacial score (nSPS) is 19.7. The van der Waals surface area contributed by atoms with Crippen molar-refractivity contribution in [2.24, 2.45) is 5.92 Å². The monoisotopic (exact) mass is 361 g/mol. The highest BCUT2D eigenvalue weighted by Crippen LogP contribution is 2.23. The minimum Gasteiger partial charge on any atom is -0.481 e. The third-order valence-electron chi connectivity index (χ3n) is 4.79. The third kappa shape index (κ3) is 3.99. The second-order valence-corrected chi connectivity index (χ2v) is 7.73. The number of benzene rings is 1. The van der Waals surface area contributed by atoms with Gasteiger partial charge < -0.3 is 10.0 Å². The topological polar surface area (TPSA) is 73.7 Å². The molecule has 0 spiro atoms. The van der Waals surface area contributed by atoms with Crippen molar-refractivity contribution in [3.05, 3.63) is 29.3 Å². The first-order valence-corrected chi connectivity index (χ1v) is 9.33. The molecule has 1 saturated heterocycles. The highest BCUT2D eigenvalue weighted by molar-refractivity contribution is 7.18. The molecule has 0 saturated carbocycles. The van der Waals surface area contributed by atoms with Gasteiger partial charge in [0, 0.05) is 13.6 Å². The number of carboxylic acids is 1. The number of carbonyl (C=O) groups is 2. The molecule has 1 aromatic carbocycles. The number of carbonyl (C=O) groups excluding carboxylic acids is 1. The van der Waals surface area contributed by atoms with Crippen molar-refractivity contribution in [3.63, 3.8) is 0 Å². The Labute approximate surface area is 151 Å². The van der Waals surface area contributed by atoms with Gasteiger partial charge >= 0.3 is 5.97 Å². The molecule has 0 bridgehead atoms. The third-order valence-corrected chi connectivity index (χ3v) is 5.82. The van der Waals surface area contributed by atoms with Gasteiger partial charge in [-0.15, -0.1) is 11.3 Å². The first kappa shape index (κ1) is 17.8. The standard InChI is InChI=1S/C18H23N3O3S/c1-12(21-9-5-6-13(10-21)18(23)24)17(22)20(2)11-16-19-14-7-3-4-8-15(14)25-16/h3-4,7-8,12-13H,5-6,9-11H2,1-2H3,(H,23,24). The van der Waals surface area contributed by atoms with E-state index in [0.717, 1.165) is 28.2 Å². The number of hydrogen-bond acceptors (Lipinski definition) is 5. The molecule has 134 valence electrons. The van der Waals surface area contributed by atoms with Crippen LogP contribution < -0.4 is 0 Å². The number of nitrogens with zero attached hydrogens (tertiary/aromatic N) is 3. The number of para-hydroxylation sites is 1. The smallest absolute Gasteiger partial charge is 0.307 e. The first-order valence-electron chi connectivity index (χ1n) is 8.52. The van der Waals surface area contributed by atoms with Gasteiger partial charge in [0.25, 0.3) is 0 Å². The van der Waals surface area contributed by atoms with Crippen molar-refractivity contribution in [2.45, 2.75) is 32.4 Å². The minimum absolute atomic E-state index is 0.00490. The Balaban J connectivity index is 1.63. The lowest BCUT2D eigenvalue weighted by Crippen LogP contribution is -2.50. The number of aliphatic carboxylic acids is 1. The van der Waals surface area contributed by atoms with Crippen LogP contribution in [0.2, 0.25) is 0 Å². The Morgan fingerprint density at radius 3 is 2.92 bits per heavy atom. The quantitative estimate of drug-likeness (QED) is 0.885. The molecule has 1 aromatic heterocycles. The SMILES string of the molecule is CC(C(=O)N(C)Cc1nc2ccccc2s1)N1CCCC(C(=O)O)C1. The fraction of sp³-hybridized carbons (Fsp3) is 0.500. The predicted molar refractivity (Wildman–Crippen MR) is 97.5 cm³/mol. The second kappa shape index (κ2) is 7.49. The maximum Gasteiger partial charge on any atom is 0.307 e. The zero-order chi connectivity index (χ0) is 18.0. The van der Waals surface area contributed by atoms with Crippen LogP contribution >= 0.6 is 11.3 Å². The summed E-state index contributed by atoms with van der Waals surface area (Å²) in [6.07, 6.45) is 1.50. The summed E-state index contributed by atoms with van der Waals surface area (Å²) in [7, 11) is 1.78. The summed E-state index contributed by atoms with van der Waals surface area (Å²) in [6, 6.07) is 7.62. The Morgan fingerprint density at radius 2 is 2.20 bits per heavy atom. The average molecular weight is 361 g/mol. The van der Waals surface area contributed by atoms with E-state index in [1.807, 2.05) is 36.1 Å². The lowest BCUT2D eigenvalue weighted by atomic mass is 9.97. The molecule has 0 aliphatic carbocycles. The summed E-state index contributed by atoms with van der Waals surface area (Å²) in [4.78, 5) is 32.2. The van der Waals surface area contributed by atoms with Crippen molar-refractivity contribution < 1.29 is 14.7 Å². The molecule has 3 rings (SSSR count). The Kier molecular flexibility index (Phi) is 5.34. The molecule has 2 aromatic rings. The number of hydrogen-bond donors (Lipinski definition) is 1. The molecule has 7 heteroatoms. The van der Waals surface area contributed by atoms with Crippen LogP contribution in [-0.2, 0) is 16.1 Å². The molecule has 0 radical (unpaired) electrons. The summed E-state index contributed by atoms with van der Waals surface area (Å²) in [6.45, 7) is 3.54. The lowest BCUT2D eigenvalue weighted by Gasteiger charge is -2.35. The molecule has 2 unspecified atom stereocenters. The van der Waals surface area contributed by atoms with Crippen molar-refractivity contribution >= 4 is 33.4 Å². The van der Waals surface area contributed by atoms with E-state index < -0.39 is 5.97 Å². The van der Waals surface area contributed by atoms with Crippen LogP contribution in [0.25, 0.3) is 10.2 Å². The molecule has 1 N–H and O–H groups in total. The van der Waals surface area contributed by atoms with Crippen LogP contribution in [0.1, 0.15) is 24.8 Å². The van der Waals surface area contributed by atoms with E-state index >= 15 is 0 Å². The molecule has 2 atom stereocenters. The molecule has 2 heterocycles. The van der Waals surface area contributed by atoms with Crippen LogP contribution in [0.3, 0.4) is 0 Å². The summed E-state index contributed by atoms with van der Waals surface area (Å²) in [5.74, 6) is -1.14. The Hall–Kier alpha value is -1.99. The molecular weight excluding hydrogens is 338 g/mol. The molecule has 1 amide bonds. The Bertz CT molecular complexity index is 743.